The minimum atomic E-state index is -0.442. The van der Waals surface area contributed by atoms with Gasteiger partial charge in [0.25, 0.3) is 5.69 Å². The first kappa shape index (κ1) is 12.6. The summed E-state index contributed by atoms with van der Waals surface area (Å²) in [5.74, 6) is 0.613. The predicted octanol–water partition coefficient (Wildman–Crippen LogP) is 3.83. The van der Waals surface area contributed by atoms with Gasteiger partial charge in [-0.1, -0.05) is 16.8 Å². The average molecular weight is 267 g/mol. The van der Waals surface area contributed by atoms with Gasteiger partial charge in [-0.15, -0.1) is 0 Å². The third-order valence-corrected chi connectivity index (χ3v) is 3.23. The number of aryl methyl sites for hydroxylation is 2. The molecule has 2 aromatic rings. The first-order valence-electron chi connectivity index (χ1n) is 5.29. The maximum Gasteiger partial charge on any atom is 0.274 e. The standard InChI is InChI=1S/C12H11ClN2O3/c1-6-10(13)4-9(5-11(6)15(16)17)12-7(2)14-18-8(12)3/h4-5H,1-3H3. The third-order valence-electron chi connectivity index (χ3n) is 2.84. The normalized spacial score (nSPS) is 10.7. The van der Waals surface area contributed by atoms with Gasteiger partial charge in [-0.25, -0.2) is 0 Å². The van der Waals surface area contributed by atoms with E-state index in [0.717, 1.165) is 5.56 Å². The lowest BCUT2D eigenvalue weighted by molar-refractivity contribution is -0.385. The Bertz CT molecular complexity index is 615. The van der Waals surface area contributed by atoms with Gasteiger partial charge in [0.15, 0.2) is 0 Å². The van der Waals surface area contributed by atoms with Crippen LogP contribution in [0.25, 0.3) is 11.1 Å². The molecule has 18 heavy (non-hydrogen) atoms. The van der Waals surface area contributed by atoms with Crippen molar-refractivity contribution >= 4 is 17.3 Å². The number of rotatable bonds is 2. The fourth-order valence-corrected chi connectivity index (χ4v) is 2.11. The molecule has 0 N–H and O–H groups in total. The van der Waals surface area contributed by atoms with Gasteiger partial charge < -0.3 is 4.52 Å². The summed E-state index contributed by atoms with van der Waals surface area (Å²) in [5, 5.41) is 15.2. The van der Waals surface area contributed by atoms with Gasteiger partial charge in [-0.05, 0) is 32.4 Å². The van der Waals surface area contributed by atoms with Gasteiger partial charge in [-0.3, -0.25) is 10.1 Å². The van der Waals surface area contributed by atoms with Crippen LogP contribution in [0.4, 0.5) is 5.69 Å². The molecule has 0 bridgehead atoms. The molecular formula is C12H11ClN2O3. The first-order chi connectivity index (χ1) is 8.41. The quantitative estimate of drug-likeness (QED) is 0.612. The summed E-state index contributed by atoms with van der Waals surface area (Å²) < 4.78 is 5.06. The number of halogens is 1. The zero-order valence-electron chi connectivity index (χ0n) is 10.2. The van der Waals surface area contributed by atoms with Crippen molar-refractivity contribution in [3.63, 3.8) is 0 Å². The molecule has 0 spiro atoms. The second kappa shape index (κ2) is 4.42. The molecule has 1 aromatic heterocycles. The maximum atomic E-state index is 11.0. The summed E-state index contributed by atoms with van der Waals surface area (Å²) in [7, 11) is 0. The molecule has 0 aliphatic heterocycles. The Hall–Kier alpha value is -1.88. The second-order valence-corrected chi connectivity index (χ2v) is 4.47. The van der Waals surface area contributed by atoms with Crippen LogP contribution in [0.15, 0.2) is 16.7 Å². The van der Waals surface area contributed by atoms with Crippen molar-refractivity contribution in [2.75, 3.05) is 0 Å². The van der Waals surface area contributed by atoms with Gasteiger partial charge in [-0.2, -0.15) is 0 Å². The minimum absolute atomic E-state index is 0.00231. The lowest BCUT2D eigenvalue weighted by atomic mass is 10.0. The van der Waals surface area contributed by atoms with E-state index >= 15 is 0 Å². The van der Waals surface area contributed by atoms with Crippen LogP contribution in [0.1, 0.15) is 17.0 Å². The molecule has 0 aliphatic carbocycles. The van der Waals surface area contributed by atoms with Crippen LogP contribution in [0.2, 0.25) is 5.02 Å². The monoisotopic (exact) mass is 266 g/mol. The second-order valence-electron chi connectivity index (χ2n) is 4.06. The highest BCUT2D eigenvalue weighted by Crippen LogP contribution is 2.35. The maximum absolute atomic E-state index is 11.0. The van der Waals surface area contributed by atoms with Crippen molar-refractivity contribution in [1.82, 2.24) is 5.16 Å². The van der Waals surface area contributed by atoms with Gasteiger partial charge in [0.1, 0.15) is 5.76 Å². The van der Waals surface area contributed by atoms with E-state index in [9.17, 15) is 10.1 Å². The molecule has 5 nitrogen and oxygen atoms in total. The fraction of sp³-hybridized carbons (Fsp3) is 0.250. The minimum Gasteiger partial charge on any atom is -0.361 e. The Kier molecular flexibility index (Phi) is 3.09. The number of benzene rings is 1. The summed E-state index contributed by atoms with van der Waals surface area (Å²) in [6.07, 6.45) is 0. The van der Waals surface area contributed by atoms with Crippen LogP contribution in [-0.4, -0.2) is 10.1 Å². The fourth-order valence-electron chi connectivity index (χ4n) is 1.89. The van der Waals surface area contributed by atoms with Crippen molar-refractivity contribution in [2.45, 2.75) is 20.8 Å². The highest BCUT2D eigenvalue weighted by molar-refractivity contribution is 6.32. The Morgan fingerprint density at radius 2 is 2.00 bits per heavy atom. The summed E-state index contributed by atoms with van der Waals surface area (Å²) in [6.45, 7) is 5.16. The summed E-state index contributed by atoms with van der Waals surface area (Å²) in [5.41, 5.74) is 2.53. The lowest BCUT2D eigenvalue weighted by Gasteiger charge is -2.05. The predicted molar refractivity (Wildman–Crippen MR) is 67.8 cm³/mol. The molecule has 0 radical (unpaired) electrons. The molecule has 2 rings (SSSR count). The molecule has 0 aliphatic rings. The van der Waals surface area contributed by atoms with Crippen LogP contribution in [-0.2, 0) is 0 Å². The number of aromatic nitrogens is 1. The number of nitrogens with zero attached hydrogens (tertiary/aromatic N) is 2. The van der Waals surface area contributed by atoms with Gasteiger partial charge in [0.05, 0.1) is 15.6 Å². The van der Waals surface area contributed by atoms with Crippen molar-refractivity contribution in [3.8, 4) is 11.1 Å². The van der Waals surface area contributed by atoms with E-state index in [2.05, 4.69) is 5.16 Å². The average Bonchev–Trinajstić information content (AvgIpc) is 2.62. The summed E-state index contributed by atoms with van der Waals surface area (Å²) in [6, 6.07) is 3.18. The van der Waals surface area contributed by atoms with Crippen LogP contribution >= 0.6 is 11.6 Å². The Morgan fingerprint density at radius 3 is 2.50 bits per heavy atom. The molecule has 1 aromatic carbocycles. The molecule has 6 heteroatoms. The molecule has 0 saturated carbocycles. The van der Waals surface area contributed by atoms with E-state index in [4.69, 9.17) is 16.1 Å². The third kappa shape index (κ3) is 1.97. The van der Waals surface area contributed by atoms with E-state index in [1.165, 1.54) is 6.07 Å². The van der Waals surface area contributed by atoms with E-state index in [1.54, 1.807) is 26.8 Å². The Morgan fingerprint density at radius 1 is 1.33 bits per heavy atom. The topological polar surface area (TPSA) is 69.2 Å². The molecule has 0 amide bonds. The summed E-state index contributed by atoms with van der Waals surface area (Å²) >= 11 is 6.03. The van der Waals surface area contributed by atoms with Crippen LogP contribution in [0.3, 0.4) is 0 Å². The molecular weight excluding hydrogens is 256 g/mol. The van der Waals surface area contributed by atoms with E-state index in [0.29, 0.717) is 27.6 Å². The largest absolute Gasteiger partial charge is 0.361 e. The molecule has 1 heterocycles. The number of hydrogen-bond donors (Lipinski definition) is 0. The van der Waals surface area contributed by atoms with Crippen molar-refractivity contribution < 1.29 is 9.45 Å². The van der Waals surface area contributed by atoms with Gasteiger partial charge >= 0.3 is 0 Å². The zero-order chi connectivity index (χ0) is 13.4. The molecule has 0 saturated heterocycles. The SMILES string of the molecule is Cc1noc(C)c1-c1cc(Cl)c(C)c([N+](=O)[O-])c1. The van der Waals surface area contributed by atoms with Crippen LogP contribution in [0.5, 0.6) is 0 Å². The van der Waals surface area contributed by atoms with E-state index < -0.39 is 4.92 Å². The smallest absolute Gasteiger partial charge is 0.274 e. The molecule has 94 valence electrons. The zero-order valence-corrected chi connectivity index (χ0v) is 10.9. The summed E-state index contributed by atoms with van der Waals surface area (Å²) in [4.78, 5) is 10.5. The molecule has 0 atom stereocenters. The lowest BCUT2D eigenvalue weighted by Crippen LogP contribution is -1.94. The highest BCUT2D eigenvalue weighted by atomic mass is 35.5. The first-order valence-corrected chi connectivity index (χ1v) is 5.67. The van der Waals surface area contributed by atoms with Crippen molar-refractivity contribution in [2.24, 2.45) is 0 Å². The number of hydrogen-bond acceptors (Lipinski definition) is 4. The van der Waals surface area contributed by atoms with E-state index in [-0.39, 0.29) is 5.69 Å². The Balaban J connectivity index is 2.71. The highest BCUT2D eigenvalue weighted by Gasteiger charge is 2.19. The van der Waals surface area contributed by atoms with Crippen LogP contribution < -0.4 is 0 Å². The van der Waals surface area contributed by atoms with Crippen molar-refractivity contribution in [1.29, 1.82) is 0 Å². The van der Waals surface area contributed by atoms with Gasteiger partial charge in [0, 0.05) is 17.2 Å². The van der Waals surface area contributed by atoms with Crippen LogP contribution in [0, 0.1) is 30.9 Å². The Labute approximate surface area is 109 Å². The number of nitro benzene ring substituents is 1. The van der Waals surface area contributed by atoms with E-state index in [1.807, 2.05) is 0 Å². The number of nitro groups is 1. The van der Waals surface area contributed by atoms with Crippen molar-refractivity contribution in [3.05, 3.63) is 44.3 Å². The molecule has 0 fully saturated rings. The molecule has 0 unspecified atom stereocenters. The van der Waals surface area contributed by atoms with Gasteiger partial charge in [0.2, 0.25) is 0 Å².